The number of amides is 1. The van der Waals surface area contributed by atoms with Crippen molar-refractivity contribution >= 4 is 35.8 Å². The molecule has 1 aliphatic heterocycles. The first-order valence-corrected chi connectivity index (χ1v) is 8.94. The molecule has 0 unspecified atom stereocenters. The Kier molecular flexibility index (Phi) is 8.50. The third-order valence-corrected chi connectivity index (χ3v) is 4.26. The molecule has 0 fully saturated rings. The Morgan fingerprint density at radius 3 is 2.59 bits per heavy atom. The number of carbonyl (C=O) groups is 1. The quantitative estimate of drug-likeness (QED) is 0.239. The van der Waals surface area contributed by atoms with Crippen LogP contribution in [-0.2, 0) is 6.54 Å². The lowest BCUT2D eigenvalue weighted by Crippen LogP contribution is -2.41. The number of hydrogen-bond donors (Lipinski definition) is 3. The molecule has 0 saturated heterocycles. The van der Waals surface area contributed by atoms with Gasteiger partial charge in [-0.25, -0.2) is 4.39 Å². The number of guanidine groups is 1. The third-order valence-electron chi connectivity index (χ3n) is 4.26. The van der Waals surface area contributed by atoms with Crippen molar-refractivity contribution in [2.75, 3.05) is 26.9 Å². The van der Waals surface area contributed by atoms with Crippen molar-refractivity contribution in [3.05, 3.63) is 58.9 Å². The molecule has 1 heterocycles. The lowest BCUT2D eigenvalue weighted by atomic mass is 10.1. The van der Waals surface area contributed by atoms with Crippen LogP contribution >= 0.6 is 24.0 Å². The van der Waals surface area contributed by atoms with Gasteiger partial charge in [0.15, 0.2) is 17.5 Å². The number of fused-ring (bicyclic) bond motifs is 1. The zero-order valence-electron chi connectivity index (χ0n) is 16.3. The standard InChI is InChI=1S/C20H23FN4O3.HI/c1-13-3-5-15(10-16(13)21)19(26)23-7-8-24-20(22-2)25-11-14-4-6-17-18(9-14)28-12-27-17;/h3-6,9-10H,7-8,11-12H2,1-2H3,(H,23,26)(H2,22,24,25);1H. The van der Waals surface area contributed by atoms with Crippen molar-refractivity contribution in [1.29, 1.82) is 0 Å². The van der Waals surface area contributed by atoms with Gasteiger partial charge in [0.25, 0.3) is 5.91 Å². The van der Waals surface area contributed by atoms with E-state index in [1.807, 2.05) is 18.2 Å². The van der Waals surface area contributed by atoms with Crippen LogP contribution in [0.1, 0.15) is 21.5 Å². The average molecular weight is 514 g/mol. The molecule has 7 nitrogen and oxygen atoms in total. The number of aryl methyl sites for hydroxylation is 1. The number of rotatable bonds is 6. The topological polar surface area (TPSA) is 84.0 Å². The fraction of sp³-hybridized carbons (Fsp3) is 0.300. The summed E-state index contributed by atoms with van der Waals surface area (Å²) in [4.78, 5) is 16.2. The number of halogens is 2. The highest BCUT2D eigenvalue weighted by Crippen LogP contribution is 2.32. The second-order valence-electron chi connectivity index (χ2n) is 6.26. The first kappa shape index (κ1) is 22.7. The molecule has 0 radical (unpaired) electrons. The molecule has 29 heavy (non-hydrogen) atoms. The number of hydrogen-bond acceptors (Lipinski definition) is 4. The lowest BCUT2D eigenvalue weighted by molar-refractivity contribution is 0.0954. The molecule has 0 atom stereocenters. The molecule has 3 rings (SSSR count). The number of benzene rings is 2. The highest BCUT2D eigenvalue weighted by atomic mass is 127. The summed E-state index contributed by atoms with van der Waals surface area (Å²) in [5, 5.41) is 9.05. The minimum atomic E-state index is -0.390. The molecule has 1 amide bonds. The predicted octanol–water partition coefficient (Wildman–Crippen LogP) is 2.58. The largest absolute Gasteiger partial charge is 0.454 e. The van der Waals surface area contributed by atoms with Gasteiger partial charge in [-0.15, -0.1) is 24.0 Å². The Hall–Kier alpha value is -2.56. The number of nitrogens with one attached hydrogen (secondary N) is 3. The summed E-state index contributed by atoms with van der Waals surface area (Å²) in [7, 11) is 1.67. The van der Waals surface area contributed by atoms with Crippen LogP contribution < -0.4 is 25.4 Å². The van der Waals surface area contributed by atoms with E-state index in [0.29, 0.717) is 36.7 Å². The second kappa shape index (κ2) is 10.8. The third kappa shape index (κ3) is 6.21. The fourth-order valence-corrected chi connectivity index (χ4v) is 2.65. The summed E-state index contributed by atoms with van der Waals surface area (Å²) in [5.41, 5.74) is 1.84. The van der Waals surface area contributed by atoms with Gasteiger partial charge in [0, 0.05) is 32.2 Å². The fourth-order valence-electron chi connectivity index (χ4n) is 2.65. The molecule has 2 aromatic rings. The molecule has 0 saturated carbocycles. The van der Waals surface area contributed by atoms with Crippen molar-refractivity contribution in [1.82, 2.24) is 16.0 Å². The lowest BCUT2D eigenvalue weighted by Gasteiger charge is -2.13. The molecule has 2 aromatic carbocycles. The van der Waals surface area contributed by atoms with Crippen LogP contribution in [-0.4, -0.2) is 38.8 Å². The highest BCUT2D eigenvalue weighted by molar-refractivity contribution is 14.0. The van der Waals surface area contributed by atoms with Crippen LogP contribution in [0.15, 0.2) is 41.4 Å². The highest BCUT2D eigenvalue weighted by Gasteiger charge is 2.13. The number of carbonyl (C=O) groups excluding carboxylic acids is 1. The van der Waals surface area contributed by atoms with Gasteiger partial charge in [0.1, 0.15) is 5.82 Å². The van der Waals surface area contributed by atoms with E-state index < -0.39 is 0 Å². The zero-order valence-corrected chi connectivity index (χ0v) is 18.6. The first-order chi connectivity index (χ1) is 13.6. The van der Waals surface area contributed by atoms with Crippen molar-refractivity contribution < 1.29 is 18.7 Å². The van der Waals surface area contributed by atoms with Crippen LogP contribution in [0.3, 0.4) is 0 Å². The zero-order chi connectivity index (χ0) is 19.9. The van der Waals surface area contributed by atoms with E-state index in [0.717, 1.165) is 17.1 Å². The summed E-state index contributed by atoms with van der Waals surface area (Å²) in [6.45, 7) is 3.31. The molecular formula is C20H24FIN4O3. The van der Waals surface area contributed by atoms with Crippen molar-refractivity contribution in [2.45, 2.75) is 13.5 Å². The monoisotopic (exact) mass is 514 g/mol. The maximum absolute atomic E-state index is 13.5. The van der Waals surface area contributed by atoms with Crippen LogP contribution in [0.5, 0.6) is 11.5 Å². The Labute approximate surface area is 186 Å². The van der Waals surface area contributed by atoms with E-state index in [1.54, 1.807) is 26.1 Å². The SMILES string of the molecule is CN=C(NCCNC(=O)c1ccc(C)c(F)c1)NCc1ccc2c(c1)OCO2.I. The van der Waals surface area contributed by atoms with E-state index in [-0.39, 0.29) is 42.5 Å². The maximum atomic E-state index is 13.5. The maximum Gasteiger partial charge on any atom is 0.251 e. The Balaban J connectivity index is 0.00000300. The van der Waals surface area contributed by atoms with Crippen molar-refractivity contribution in [3.63, 3.8) is 0 Å². The van der Waals surface area contributed by atoms with Gasteiger partial charge in [-0.1, -0.05) is 12.1 Å². The van der Waals surface area contributed by atoms with Gasteiger partial charge in [0.05, 0.1) is 0 Å². The summed E-state index contributed by atoms with van der Waals surface area (Å²) in [5.74, 6) is 1.38. The number of ether oxygens (including phenoxy) is 2. The smallest absolute Gasteiger partial charge is 0.251 e. The van der Waals surface area contributed by atoms with Crippen LogP contribution in [0, 0.1) is 12.7 Å². The van der Waals surface area contributed by atoms with Crippen LogP contribution in [0.4, 0.5) is 4.39 Å². The Bertz CT molecular complexity index is 892. The van der Waals surface area contributed by atoms with E-state index in [9.17, 15) is 9.18 Å². The van der Waals surface area contributed by atoms with Crippen LogP contribution in [0.2, 0.25) is 0 Å². The molecule has 0 bridgehead atoms. The first-order valence-electron chi connectivity index (χ1n) is 8.94. The molecular weight excluding hydrogens is 490 g/mol. The second-order valence-corrected chi connectivity index (χ2v) is 6.26. The molecule has 156 valence electrons. The molecule has 0 aliphatic carbocycles. The Morgan fingerprint density at radius 1 is 1.07 bits per heavy atom. The average Bonchev–Trinajstić information content (AvgIpc) is 3.17. The number of nitrogens with zero attached hydrogens (tertiary/aromatic N) is 1. The summed E-state index contributed by atoms with van der Waals surface area (Å²) >= 11 is 0. The normalized spacial score (nSPS) is 12.2. The molecule has 1 aliphatic rings. The van der Waals surface area contributed by atoms with Gasteiger partial charge in [-0.2, -0.15) is 0 Å². The number of aliphatic imine (C=N–C) groups is 1. The van der Waals surface area contributed by atoms with Gasteiger partial charge in [-0.05, 0) is 42.3 Å². The summed E-state index contributed by atoms with van der Waals surface area (Å²) < 4.78 is 24.2. The molecule has 3 N–H and O–H groups in total. The minimum Gasteiger partial charge on any atom is -0.454 e. The van der Waals surface area contributed by atoms with Gasteiger partial charge in [-0.3, -0.25) is 9.79 Å². The van der Waals surface area contributed by atoms with Crippen LogP contribution in [0.25, 0.3) is 0 Å². The molecule has 9 heteroatoms. The van der Waals surface area contributed by atoms with E-state index in [1.165, 1.54) is 6.07 Å². The van der Waals surface area contributed by atoms with E-state index in [2.05, 4.69) is 20.9 Å². The van der Waals surface area contributed by atoms with Crippen molar-refractivity contribution in [2.24, 2.45) is 4.99 Å². The minimum absolute atomic E-state index is 0. The van der Waals surface area contributed by atoms with Crippen molar-refractivity contribution in [3.8, 4) is 11.5 Å². The van der Waals surface area contributed by atoms with Gasteiger partial charge >= 0.3 is 0 Å². The summed E-state index contributed by atoms with van der Waals surface area (Å²) in [6.07, 6.45) is 0. The molecule has 0 spiro atoms. The predicted molar refractivity (Wildman–Crippen MR) is 120 cm³/mol. The van der Waals surface area contributed by atoms with E-state index >= 15 is 0 Å². The summed E-state index contributed by atoms with van der Waals surface area (Å²) in [6, 6.07) is 10.2. The van der Waals surface area contributed by atoms with Gasteiger partial charge in [0.2, 0.25) is 6.79 Å². The van der Waals surface area contributed by atoms with E-state index in [4.69, 9.17) is 9.47 Å². The molecule has 0 aromatic heterocycles. The Morgan fingerprint density at radius 2 is 1.83 bits per heavy atom. The van der Waals surface area contributed by atoms with Gasteiger partial charge < -0.3 is 25.4 Å².